The number of nitrogens with zero attached hydrogens (tertiary/aromatic N) is 5. The van der Waals surface area contributed by atoms with E-state index in [1.54, 1.807) is 6.07 Å². The number of anilines is 1. The molecule has 10 heteroatoms. The molecule has 1 fully saturated rings. The van der Waals surface area contributed by atoms with Gasteiger partial charge in [-0.3, -0.25) is 0 Å². The van der Waals surface area contributed by atoms with E-state index in [2.05, 4.69) is 19.9 Å². The first-order valence-electron chi connectivity index (χ1n) is 7.11. The molecule has 0 aliphatic carbocycles. The molecule has 2 aromatic heterocycles. The third kappa shape index (κ3) is 3.27. The van der Waals surface area contributed by atoms with Gasteiger partial charge in [0, 0.05) is 26.7 Å². The first-order chi connectivity index (χ1) is 11.0. The Hall–Kier alpha value is -2.20. The lowest BCUT2D eigenvalue weighted by Crippen LogP contribution is -2.31. The molecule has 0 bridgehead atoms. The van der Waals surface area contributed by atoms with Crippen LogP contribution in [0.3, 0.4) is 0 Å². The molecule has 0 radical (unpaired) electrons. The van der Waals surface area contributed by atoms with E-state index in [1.165, 1.54) is 23.2 Å². The van der Waals surface area contributed by atoms with Crippen LogP contribution >= 0.6 is 0 Å². The fourth-order valence-corrected chi connectivity index (χ4v) is 3.73. The lowest BCUT2D eigenvalue weighted by Gasteiger charge is -2.17. The third-order valence-corrected chi connectivity index (χ3v) is 5.36. The van der Waals surface area contributed by atoms with Gasteiger partial charge in [-0.2, -0.15) is 4.31 Å². The average Bonchev–Trinajstić information content (AvgIpc) is 3.19. The number of sulfonamides is 1. The Morgan fingerprint density at radius 1 is 1.39 bits per heavy atom. The minimum absolute atomic E-state index is 0.0927. The van der Waals surface area contributed by atoms with Gasteiger partial charge in [-0.15, -0.1) is 0 Å². The van der Waals surface area contributed by atoms with Crippen molar-refractivity contribution in [2.45, 2.75) is 17.6 Å². The van der Waals surface area contributed by atoms with Gasteiger partial charge in [-0.05, 0) is 6.42 Å². The highest BCUT2D eigenvalue weighted by molar-refractivity contribution is 7.89. The Kier molecular flexibility index (Phi) is 4.18. The second-order valence-corrected chi connectivity index (χ2v) is 7.32. The molecule has 3 rings (SSSR count). The fraction of sp³-hybridized carbons (Fsp3) is 0.462. The van der Waals surface area contributed by atoms with Gasteiger partial charge in [-0.1, -0.05) is 0 Å². The normalized spacial score (nSPS) is 19.0. The second-order valence-electron chi connectivity index (χ2n) is 5.42. The minimum Gasteiger partial charge on any atom is -0.473 e. The van der Waals surface area contributed by atoms with Crippen LogP contribution in [0.4, 0.5) is 5.82 Å². The Morgan fingerprint density at radius 2 is 2.22 bits per heavy atom. The maximum atomic E-state index is 12.4. The van der Waals surface area contributed by atoms with Gasteiger partial charge in [0.05, 0.1) is 19.1 Å². The summed E-state index contributed by atoms with van der Waals surface area (Å²) in [7, 11) is 0.203. The summed E-state index contributed by atoms with van der Waals surface area (Å²) in [6, 6.07) is 1.73. The molecule has 1 aliphatic rings. The summed E-state index contributed by atoms with van der Waals surface area (Å²) >= 11 is 0. The van der Waals surface area contributed by atoms with E-state index in [-0.39, 0.29) is 17.7 Å². The van der Waals surface area contributed by atoms with Crippen molar-refractivity contribution in [3.05, 3.63) is 24.9 Å². The van der Waals surface area contributed by atoms with Crippen LogP contribution in [-0.4, -0.2) is 65.9 Å². The molecule has 9 nitrogen and oxygen atoms in total. The standard InChI is InChI=1S/C13H18N6O3S/c1-18(2)11-5-12(16-9-15-11)22-10-3-4-19(7-10)23(20,21)13-6-14-8-17-13/h5-6,8-10H,3-4,7H2,1-2H3,(H,14,17). The van der Waals surface area contributed by atoms with Crippen molar-refractivity contribution >= 4 is 15.8 Å². The summed E-state index contributed by atoms with van der Waals surface area (Å²) in [5, 5.41) is 0.0927. The monoisotopic (exact) mass is 338 g/mol. The summed E-state index contributed by atoms with van der Waals surface area (Å²) in [5.41, 5.74) is 0. The number of H-pyrrole nitrogens is 1. The van der Waals surface area contributed by atoms with Gasteiger partial charge in [0.15, 0.2) is 5.03 Å². The molecular weight excluding hydrogens is 320 g/mol. The summed E-state index contributed by atoms with van der Waals surface area (Å²) < 4.78 is 32.0. The minimum atomic E-state index is -3.55. The number of hydrogen-bond acceptors (Lipinski definition) is 7. The molecule has 3 heterocycles. The van der Waals surface area contributed by atoms with E-state index in [0.29, 0.717) is 18.8 Å². The van der Waals surface area contributed by atoms with Gasteiger partial charge in [0.1, 0.15) is 18.2 Å². The van der Waals surface area contributed by atoms with Gasteiger partial charge < -0.3 is 14.6 Å². The number of imidazole rings is 1. The van der Waals surface area contributed by atoms with Crippen molar-refractivity contribution in [2.75, 3.05) is 32.1 Å². The zero-order valence-electron chi connectivity index (χ0n) is 12.9. The van der Waals surface area contributed by atoms with E-state index < -0.39 is 10.0 Å². The fourth-order valence-electron chi connectivity index (χ4n) is 2.35. The molecule has 1 aliphatic heterocycles. The number of hydrogen-bond donors (Lipinski definition) is 1. The molecule has 2 aromatic rings. The zero-order chi connectivity index (χ0) is 16.4. The van der Waals surface area contributed by atoms with Gasteiger partial charge in [-0.25, -0.2) is 23.4 Å². The highest BCUT2D eigenvalue weighted by Crippen LogP contribution is 2.23. The smallest absolute Gasteiger partial charge is 0.260 e. The lowest BCUT2D eigenvalue weighted by atomic mass is 10.3. The highest BCUT2D eigenvalue weighted by Gasteiger charge is 2.34. The van der Waals surface area contributed by atoms with Crippen LogP contribution in [0.1, 0.15) is 6.42 Å². The molecule has 0 saturated carbocycles. The summed E-state index contributed by atoms with van der Waals surface area (Å²) in [6.07, 6.45) is 4.45. The van der Waals surface area contributed by atoms with E-state index in [9.17, 15) is 8.42 Å². The van der Waals surface area contributed by atoms with Gasteiger partial charge >= 0.3 is 0 Å². The van der Waals surface area contributed by atoms with E-state index >= 15 is 0 Å². The molecular formula is C13H18N6O3S. The largest absolute Gasteiger partial charge is 0.473 e. The number of aromatic nitrogens is 4. The summed E-state index contributed by atoms with van der Waals surface area (Å²) in [6.45, 7) is 0.681. The van der Waals surface area contributed by atoms with Crippen LogP contribution in [0.5, 0.6) is 5.88 Å². The molecule has 0 spiro atoms. The van der Waals surface area contributed by atoms with Crippen LogP contribution in [0.2, 0.25) is 0 Å². The lowest BCUT2D eigenvalue weighted by molar-refractivity contribution is 0.206. The molecule has 1 saturated heterocycles. The Labute approximate surface area is 134 Å². The Morgan fingerprint density at radius 3 is 2.91 bits per heavy atom. The molecule has 1 atom stereocenters. The van der Waals surface area contributed by atoms with Crippen molar-refractivity contribution in [1.82, 2.24) is 24.2 Å². The summed E-state index contributed by atoms with van der Waals surface area (Å²) in [4.78, 5) is 16.4. The van der Waals surface area contributed by atoms with Crippen LogP contribution in [0, 0.1) is 0 Å². The molecule has 1 unspecified atom stereocenters. The second kappa shape index (κ2) is 6.13. The van der Waals surface area contributed by atoms with Crippen molar-refractivity contribution in [3.63, 3.8) is 0 Å². The van der Waals surface area contributed by atoms with E-state index in [0.717, 1.165) is 5.82 Å². The molecule has 1 N–H and O–H groups in total. The van der Waals surface area contributed by atoms with Gasteiger partial charge in [0.2, 0.25) is 5.88 Å². The average molecular weight is 338 g/mol. The first-order valence-corrected chi connectivity index (χ1v) is 8.55. The van der Waals surface area contributed by atoms with Crippen LogP contribution in [0.25, 0.3) is 0 Å². The number of aromatic amines is 1. The van der Waals surface area contributed by atoms with Crippen molar-refractivity contribution in [3.8, 4) is 5.88 Å². The number of rotatable bonds is 5. The van der Waals surface area contributed by atoms with Crippen LogP contribution in [-0.2, 0) is 10.0 Å². The quantitative estimate of drug-likeness (QED) is 0.825. The molecule has 0 amide bonds. The predicted molar refractivity (Wildman–Crippen MR) is 82.7 cm³/mol. The first kappa shape index (κ1) is 15.7. The molecule has 124 valence electrons. The van der Waals surface area contributed by atoms with Gasteiger partial charge in [0.25, 0.3) is 10.0 Å². The molecule has 0 aromatic carbocycles. The van der Waals surface area contributed by atoms with Crippen molar-refractivity contribution in [1.29, 1.82) is 0 Å². The van der Waals surface area contributed by atoms with Crippen LogP contribution in [0.15, 0.2) is 29.9 Å². The number of ether oxygens (including phenoxy) is 1. The SMILES string of the molecule is CN(C)c1cc(OC2CCN(S(=O)(=O)c3cnc[nH]3)C2)ncn1. The topological polar surface area (TPSA) is 104 Å². The summed E-state index contributed by atoms with van der Waals surface area (Å²) in [5.74, 6) is 1.17. The van der Waals surface area contributed by atoms with Crippen molar-refractivity contribution < 1.29 is 13.2 Å². The van der Waals surface area contributed by atoms with Crippen LogP contribution < -0.4 is 9.64 Å². The Bertz CT molecular complexity index is 762. The molecule has 23 heavy (non-hydrogen) atoms. The van der Waals surface area contributed by atoms with E-state index in [1.807, 2.05) is 19.0 Å². The Balaban J connectivity index is 1.68. The zero-order valence-corrected chi connectivity index (χ0v) is 13.7. The predicted octanol–water partition coefficient (Wildman–Crippen LogP) is 0.108. The maximum Gasteiger partial charge on any atom is 0.260 e. The maximum absolute atomic E-state index is 12.4. The third-order valence-electron chi connectivity index (χ3n) is 3.57. The van der Waals surface area contributed by atoms with E-state index in [4.69, 9.17) is 4.74 Å². The van der Waals surface area contributed by atoms with Crippen molar-refractivity contribution in [2.24, 2.45) is 0 Å². The number of nitrogens with one attached hydrogen (secondary N) is 1. The highest BCUT2D eigenvalue weighted by atomic mass is 32.2.